The predicted octanol–water partition coefficient (Wildman–Crippen LogP) is 17.2. The van der Waals surface area contributed by atoms with Crippen LogP contribution < -0.4 is 0 Å². The van der Waals surface area contributed by atoms with Gasteiger partial charge in [-0.1, -0.05) is 164 Å². The molecule has 0 spiro atoms. The van der Waals surface area contributed by atoms with Crippen LogP contribution in [-0.2, 0) is 0 Å². The molecule has 13 aromatic rings. The van der Waals surface area contributed by atoms with Crippen molar-refractivity contribution in [3.8, 4) is 33.4 Å². The molecular formula is C56H32S2. The average molecular weight is 769 g/mol. The first-order chi connectivity index (χ1) is 28.7. The smallest absolute Gasteiger partial charge is 0.0434 e. The molecule has 0 radical (unpaired) electrons. The van der Waals surface area contributed by atoms with E-state index in [1.165, 1.54) is 128 Å². The highest BCUT2D eigenvalue weighted by Crippen LogP contribution is 2.47. The standard InChI is InChI=1S/C56H32S2/c1-2-12-39-33(10-1)11-9-18-41(39)54-44-16-5-3-14-42(44)53(43-15-4-6-17-45(43)54)38-23-22-34-30-35(20-21-36(34)31-38)37-24-29-52-50(32-37)49-28-27-47-48(56(49)58-52)26-25-46-40-13-7-8-19-51(40)57-55(46)47/h1-32H. The average Bonchev–Trinajstić information content (AvgIpc) is 3.86. The normalized spacial score (nSPS) is 12.1. The lowest BCUT2D eigenvalue weighted by Crippen LogP contribution is -1.91. The van der Waals surface area contributed by atoms with Crippen molar-refractivity contribution in [3.63, 3.8) is 0 Å². The highest BCUT2D eigenvalue weighted by Gasteiger charge is 2.19. The van der Waals surface area contributed by atoms with Crippen molar-refractivity contribution in [1.82, 2.24) is 0 Å². The first-order valence-electron chi connectivity index (χ1n) is 19.9. The summed E-state index contributed by atoms with van der Waals surface area (Å²) in [6.45, 7) is 0. The molecule has 0 saturated carbocycles. The second kappa shape index (κ2) is 12.3. The van der Waals surface area contributed by atoms with Crippen LogP contribution in [0.3, 0.4) is 0 Å². The number of benzene rings is 11. The second-order valence-electron chi connectivity index (χ2n) is 15.5. The summed E-state index contributed by atoms with van der Waals surface area (Å²) in [6.07, 6.45) is 0. The van der Waals surface area contributed by atoms with Crippen molar-refractivity contribution in [1.29, 1.82) is 0 Å². The lowest BCUT2D eigenvalue weighted by Gasteiger charge is -2.19. The summed E-state index contributed by atoms with van der Waals surface area (Å²) in [5.41, 5.74) is 7.59. The molecule has 268 valence electrons. The van der Waals surface area contributed by atoms with E-state index in [9.17, 15) is 0 Å². The zero-order valence-electron chi connectivity index (χ0n) is 31.3. The Morgan fingerprint density at radius 1 is 0.241 bits per heavy atom. The van der Waals surface area contributed by atoms with E-state index in [-0.39, 0.29) is 0 Å². The van der Waals surface area contributed by atoms with Crippen molar-refractivity contribution in [3.05, 3.63) is 194 Å². The Morgan fingerprint density at radius 3 is 1.40 bits per heavy atom. The van der Waals surface area contributed by atoms with Crippen LogP contribution in [0.15, 0.2) is 194 Å². The van der Waals surface area contributed by atoms with E-state index in [0.29, 0.717) is 0 Å². The lowest BCUT2D eigenvalue weighted by atomic mass is 9.84. The van der Waals surface area contributed by atoms with Gasteiger partial charge in [-0.2, -0.15) is 0 Å². The molecule has 0 saturated heterocycles. The molecule has 0 amide bonds. The van der Waals surface area contributed by atoms with Crippen molar-refractivity contribution in [2.45, 2.75) is 0 Å². The molecule has 58 heavy (non-hydrogen) atoms. The largest absolute Gasteiger partial charge is 0.135 e. The molecule has 0 atom stereocenters. The van der Waals surface area contributed by atoms with E-state index in [1.54, 1.807) is 0 Å². The monoisotopic (exact) mass is 768 g/mol. The fraction of sp³-hybridized carbons (Fsp3) is 0. The van der Waals surface area contributed by atoms with E-state index in [0.717, 1.165) is 0 Å². The van der Waals surface area contributed by atoms with E-state index in [1.807, 2.05) is 22.7 Å². The van der Waals surface area contributed by atoms with Crippen molar-refractivity contribution in [2.75, 3.05) is 0 Å². The summed E-state index contributed by atoms with van der Waals surface area (Å²) >= 11 is 3.83. The van der Waals surface area contributed by atoms with E-state index < -0.39 is 0 Å². The number of hydrogen-bond acceptors (Lipinski definition) is 2. The van der Waals surface area contributed by atoms with Crippen LogP contribution in [0.25, 0.3) is 128 Å². The molecular weight excluding hydrogens is 737 g/mol. The lowest BCUT2D eigenvalue weighted by molar-refractivity contribution is 1.67. The number of fused-ring (bicyclic) bond motifs is 13. The van der Waals surface area contributed by atoms with Crippen LogP contribution in [-0.4, -0.2) is 0 Å². The summed E-state index contributed by atoms with van der Waals surface area (Å²) in [7, 11) is 0. The third kappa shape index (κ3) is 4.68. The molecule has 0 N–H and O–H groups in total. The topological polar surface area (TPSA) is 0 Å². The minimum atomic E-state index is 1.24. The van der Waals surface area contributed by atoms with Gasteiger partial charge in [0.05, 0.1) is 0 Å². The molecule has 2 heterocycles. The maximum atomic E-state index is 2.41. The Balaban J connectivity index is 0.931. The van der Waals surface area contributed by atoms with Crippen molar-refractivity contribution >= 4 is 117 Å². The fourth-order valence-corrected chi connectivity index (χ4v) is 12.2. The van der Waals surface area contributed by atoms with Gasteiger partial charge in [-0.3, -0.25) is 0 Å². The molecule has 0 bridgehead atoms. The third-order valence-electron chi connectivity index (χ3n) is 12.4. The Hall–Kier alpha value is -6.84. The summed E-state index contributed by atoms with van der Waals surface area (Å²) in [5, 5.41) is 18.2. The molecule has 0 aliphatic heterocycles. The van der Waals surface area contributed by atoms with Crippen LogP contribution in [0, 0.1) is 0 Å². The first-order valence-corrected chi connectivity index (χ1v) is 21.5. The quantitative estimate of drug-likeness (QED) is 0.157. The molecule has 0 fully saturated rings. The highest BCUT2D eigenvalue weighted by atomic mass is 32.1. The van der Waals surface area contributed by atoms with Gasteiger partial charge in [-0.05, 0) is 107 Å². The molecule has 0 unspecified atom stereocenters. The van der Waals surface area contributed by atoms with Gasteiger partial charge in [0.2, 0.25) is 0 Å². The van der Waals surface area contributed by atoms with Gasteiger partial charge >= 0.3 is 0 Å². The molecule has 0 aliphatic carbocycles. The zero-order chi connectivity index (χ0) is 37.9. The third-order valence-corrected chi connectivity index (χ3v) is 14.9. The van der Waals surface area contributed by atoms with Gasteiger partial charge in [0.25, 0.3) is 0 Å². The Bertz CT molecular complexity index is 3800. The summed E-state index contributed by atoms with van der Waals surface area (Å²) in [4.78, 5) is 0. The maximum Gasteiger partial charge on any atom is 0.0434 e. The molecule has 11 aromatic carbocycles. The van der Waals surface area contributed by atoms with Crippen LogP contribution >= 0.6 is 22.7 Å². The van der Waals surface area contributed by atoms with Gasteiger partial charge in [-0.25, -0.2) is 0 Å². The van der Waals surface area contributed by atoms with Gasteiger partial charge < -0.3 is 0 Å². The van der Waals surface area contributed by atoms with Crippen LogP contribution in [0.1, 0.15) is 0 Å². The SMILES string of the molecule is c1ccc2c(-c3c4ccccc4c(-c4ccc5cc(-c6ccc7sc8c(ccc9c8ccc8c%10ccccc%10sc89)c7c6)ccc5c4)c4ccccc34)cccc2c1. The van der Waals surface area contributed by atoms with E-state index in [2.05, 4.69) is 194 Å². The number of thiophene rings is 2. The summed E-state index contributed by atoms with van der Waals surface area (Å²) < 4.78 is 5.45. The van der Waals surface area contributed by atoms with E-state index >= 15 is 0 Å². The molecule has 0 aliphatic rings. The minimum absolute atomic E-state index is 1.24. The Morgan fingerprint density at radius 2 is 0.707 bits per heavy atom. The van der Waals surface area contributed by atoms with Crippen molar-refractivity contribution in [2.24, 2.45) is 0 Å². The number of rotatable bonds is 3. The summed E-state index contributed by atoms with van der Waals surface area (Å²) in [5.74, 6) is 0. The van der Waals surface area contributed by atoms with Crippen LogP contribution in [0.4, 0.5) is 0 Å². The van der Waals surface area contributed by atoms with Gasteiger partial charge in [0.1, 0.15) is 0 Å². The molecule has 2 heteroatoms. The Labute approximate surface area is 342 Å². The fourth-order valence-electron chi connectivity index (χ4n) is 9.76. The first kappa shape index (κ1) is 32.3. The van der Waals surface area contributed by atoms with Crippen LogP contribution in [0.2, 0.25) is 0 Å². The molecule has 2 aromatic heterocycles. The van der Waals surface area contributed by atoms with E-state index in [4.69, 9.17) is 0 Å². The second-order valence-corrected chi connectivity index (χ2v) is 17.6. The minimum Gasteiger partial charge on any atom is -0.135 e. The van der Waals surface area contributed by atoms with Gasteiger partial charge in [-0.15, -0.1) is 22.7 Å². The number of hydrogen-bond donors (Lipinski definition) is 0. The van der Waals surface area contributed by atoms with Crippen LogP contribution in [0.5, 0.6) is 0 Å². The maximum absolute atomic E-state index is 2.41. The molecule has 0 nitrogen and oxygen atoms in total. The van der Waals surface area contributed by atoms with Crippen molar-refractivity contribution < 1.29 is 0 Å². The van der Waals surface area contributed by atoms with Gasteiger partial charge in [0, 0.05) is 51.1 Å². The van der Waals surface area contributed by atoms with Gasteiger partial charge in [0.15, 0.2) is 0 Å². The highest BCUT2D eigenvalue weighted by molar-refractivity contribution is 7.28. The Kier molecular flexibility index (Phi) is 6.86. The zero-order valence-corrected chi connectivity index (χ0v) is 32.9. The molecule has 13 rings (SSSR count). The summed E-state index contributed by atoms with van der Waals surface area (Å²) in [6, 6.07) is 72.6. The predicted molar refractivity (Wildman–Crippen MR) is 256 cm³/mol.